The van der Waals surface area contributed by atoms with Crippen molar-refractivity contribution in [2.45, 2.75) is 0 Å². The zero-order chi connectivity index (χ0) is 8.81. The van der Waals surface area contributed by atoms with Gasteiger partial charge in [0.15, 0.2) is 0 Å². The maximum atomic E-state index is 11.0. The minimum Gasteiger partial charge on any atom is -0.285 e. The van der Waals surface area contributed by atoms with Gasteiger partial charge in [-0.25, -0.2) is 5.48 Å². The Kier molecular flexibility index (Phi) is 2.87. The van der Waals surface area contributed by atoms with Crippen LogP contribution in [0.15, 0.2) is 12.4 Å². The Morgan fingerprint density at radius 2 is 2.75 bits per heavy atom. The number of terminal acetylenes is 1. The van der Waals surface area contributed by atoms with Crippen molar-refractivity contribution >= 4 is 5.91 Å². The third-order valence-electron chi connectivity index (χ3n) is 1.08. The van der Waals surface area contributed by atoms with E-state index in [1.807, 2.05) is 0 Å². The number of aromatic amines is 1. The van der Waals surface area contributed by atoms with E-state index >= 15 is 0 Å². The van der Waals surface area contributed by atoms with Crippen LogP contribution in [-0.4, -0.2) is 22.7 Å². The summed E-state index contributed by atoms with van der Waals surface area (Å²) in [6.45, 7) is 0.0452. The minimum atomic E-state index is -0.376. The van der Waals surface area contributed by atoms with E-state index < -0.39 is 0 Å². The number of nitrogens with zero attached hydrogens (tertiary/aromatic N) is 1. The molecule has 0 aromatic carbocycles. The van der Waals surface area contributed by atoms with Crippen LogP contribution in [-0.2, 0) is 4.84 Å². The van der Waals surface area contributed by atoms with Gasteiger partial charge < -0.3 is 0 Å². The Labute approximate surface area is 69.1 Å². The van der Waals surface area contributed by atoms with Crippen LogP contribution in [0, 0.1) is 12.3 Å². The fourth-order valence-electron chi connectivity index (χ4n) is 0.577. The first-order valence-electron chi connectivity index (χ1n) is 3.19. The van der Waals surface area contributed by atoms with Gasteiger partial charge in [0.25, 0.3) is 5.91 Å². The monoisotopic (exact) mass is 165 g/mol. The lowest BCUT2D eigenvalue weighted by Gasteiger charge is -1.98. The minimum absolute atomic E-state index is 0.0452. The number of hydroxylamine groups is 1. The summed E-state index contributed by atoms with van der Waals surface area (Å²) in [7, 11) is 0. The molecule has 0 spiro atoms. The molecule has 12 heavy (non-hydrogen) atoms. The maximum absolute atomic E-state index is 11.0. The fourth-order valence-corrected chi connectivity index (χ4v) is 0.577. The number of carbonyl (C=O) groups excluding carboxylic acids is 1. The van der Waals surface area contributed by atoms with Crippen LogP contribution in [0.2, 0.25) is 0 Å². The topological polar surface area (TPSA) is 67.0 Å². The van der Waals surface area contributed by atoms with Crippen molar-refractivity contribution in [3.05, 3.63) is 18.0 Å². The van der Waals surface area contributed by atoms with E-state index in [1.54, 1.807) is 0 Å². The molecule has 0 fully saturated rings. The Bertz CT molecular complexity index is 286. The number of hydrogen-bond donors (Lipinski definition) is 2. The number of carbonyl (C=O) groups is 1. The fraction of sp³-hybridized carbons (Fsp3) is 0.143. The lowest BCUT2D eigenvalue weighted by Crippen LogP contribution is -2.23. The summed E-state index contributed by atoms with van der Waals surface area (Å²) in [5, 5.41) is 6.08. The van der Waals surface area contributed by atoms with E-state index in [4.69, 9.17) is 6.42 Å². The molecular weight excluding hydrogens is 158 g/mol. The maximum Gasteiger partial charge on any atom is 0.278 e. The molecule has 1 aromatic rings. The Morgan fingerprint density at radius 1 is 1.92 bits per heavy atom. The molecule has 0 unspecified atom stereocenters. The Balaban J connectivity index is 2.36. The zero-order valence-electron chi connectivity index (χ0n) is 6.20. The summed E-state index contributed by atoms with van der Waals surface area (Å²) >= 11 is 0. The average molecular weight is 165 g/mol. The number of rotatable bonds is 3. The summed E-state index contributed by atoms with van der Waals surface area (Å²) in [4.78, 5) is 15.6. The summed E-state index contributed by atoms with van der Waals surface area (Å²) in [5.74, 6) is 1.83. The second-order valence-electron chi connectivity index (χ2n) is 1.91. The van der Waals surface area contributed by atoms with Gasteiger partial charge in [-0.2, -0.15) is 5.10 Å². The first-order chi connectivity index (χ1) is 5.84. The van der Waals surface area contributed by atoms with Crippen molar-refractivity contribution in [2.75, 3.05) is 6.61 Å². The largest absolute Gasteiger partial charge is 0.285 e. The second kappa shape index (κ2) is 4.16. The van der Waals surface area contributed by atoms with E-state index in [0.29, 0.717) is 5.56 Å². The molecule has 5 heteroatoms. The van der Waals surface area contributed by atoms with Gasteiger partial charge in [0, 0.05) is 6.20 Å². The molecule has 0 aliphatic carbocycles. The van der Waals surface area contributed by atoms with Gasteiger partial charge in [0.2, 0.25) is 0 Å². The molecule has 1 aromatic heterocycles. The summed E-state index contributed by atoms with van der Waals surface area (Å²) in [6.07, 6.45) is 7.73. The van der Waals surface area contributed by atoms with Gasteiger partial charge in [-0.05, 0) is 0 Å². The van der Waals surface area contributed by atoms with Gasteiger partial charge in [-0.3, -0.25) is 14.7 Å². The van der Waals surface area contributed by atoms with Crippen LogP contribution in [0.1, 0.15) is 10.4 Å². The number of aromatic nitrogens is 2. The smallest absolute Gasteiger partial charge is 0.278 e. The van der Waals surface area contributed by atoms with Crippen LogP contribution < -0.4 is 5.48 Å². The normalized spacial score (nSPS) is 8.92. The molecule has 0 atom stereocenters. The van der Waals surface area contributed by atoms with E-state index in [-0.39, 0.29) is 12.5 Å². The van der Waals surface area contributed by atoms with Crippen LogP contribution >= 0.6 is 0 Å². The summed E-state index contributed by atoms with van der Waals surface area (Å²) < 4.78 is 0. The summed E-state index contributed by atoms with van der Waals surface area (Å²) in [6, 6.07) is 0. The van der Waals surface area contributed by atoms with Gasteiger partial charge in [0.1, 0.15) is 6.61 Å². The average Bonchev–Trinajstić information content (AvgIpc) is 2.56. The lowest BCUT2D eigenvalue weighted by molar-refractivity contribution is 0.0438. The van der Waals surface area contributed by atoms with Gasteiger partial charge in [-0.15, -0.1) is 6.42 Å². The molecule has 5 nitrogen and oxygen atoms in total. The predicted molar refractivity (Wildman–Crippen MR) is 40.8 cm³/mol. The third kappa shape index (κ3) is 2.11. The van der Waals surface area contributed by atoms with Gasteiger partial charge >= 0.3 is 0 Å². The predicted octanol–water partition coefficient (Wildman–Crippen LogP) is -0.296. The van der Waals surface area contributed by atoms with Crippen molar-refractivity contribution in [3.63, 3.8) is 0 Å². The number of amides is 1. The van der Waals surface area contributed by atoms with Crippen molar-refractivity contribution in [1.82, 2.24) is 15.7 Å². The molecule has 0 saturated carbocycles. The molecule has 1 heterocycles. The van der Waals surface area contributed by atoms with E-state index in [1.165, 1.54) is 12.4 Å². The van der Waals surface area contributed by atoms with Crippen molar-refractivity contribution < 1.29 is 9.63 Å². The molecule has 0 aliphatic rings. The highest BCUT2D eigenvalue weighted by Gasteiger charge is 2.04. The standard InChI is InChI=1S/C7H7N3O2/c1-2-3-12-10-7(11)6-4-8-9-5-6/h1,4-5H,3H2,(H,8,9)(H,10,11). The van der Waals surface area contributed by atoms with Gasteiger partial charge in [0.05, 0.1) is 11.8 Å². The molecule has 0 bridgehead atoms. The van der Waals surface area contributed by atoms with E-state index in [9.17, 15) is 4.79 Å². The van der Waals surface area contributed by atoms with E-state index in [2.05, 4.69) is 26.4 Å². The molecular formula is C7H7N3O2. The third-order valence-corrected chi connectivity index (χ3v) is 1.08. The molecule has 2 N–H and O–H groups in total. The van der Waals surface area contributed by atoms with Crippen LogP contribution in [0.4, 0.5) is 0 Å². The molecule has 1 amide bonds. The van der Waals surface area contributed by atoms with Crippen LogP contribution in [0.5, 0.6) is 0 Å². The Hall–Kier alpha value is -1.80. The highest BCUT2D eigenvalue weighted by Crippen LogP contribution is 1.91. The number of nitrogens with one attached hydrogen (secondary N) is 2. The quantitative estimate of drug-likeness (QED) is 0.367. The first kappa shape index (κ1) is 8.30. The zero-order valence-corrected chi connectivity index (χ0v) is 6.20. The van der Waals surface area contributed by atoms with Crippen LogP contribution in [0.25, 0.3) is 0 Å². The highest BCUT2D eigenvalue weighted by atomic mass is 16.6. The van der Waals surface area contributed by atoms with Crippen molar-refractivity contribution in [1.29, 1.82) is 0 Å². The van der Waals surface area contributed by atoms with Gasteiger partial charge in [-0.1, -0.05) is 5.92 Å². The summed E-state index contributed by atoms with van der Waals surface area (Å²) in [5.41, 5.74) is 2.54. The second-order valence-corrected chi connectivity index (χ2v) is 1.91. The SMILES string of the molecule is C#CCONC(=O)c1cn[nH]c1. The molecule has 1 rings (SSSR count). The van der Waals surface area contributed by atoms with Crippen molar-refractivity contribution in [3.8, 4) is 12.3 Å². The van der Waals surface area contributed by atoms with Crippen LogP contribution in [0.3, 0.4) is 0 Å². The number of hydrogen-bond acceptors (Lipinski definition) is 3. The lowest BCUT2D eigenvalue weighted by atomic mass is 10.4. The molecule has 0 aliphatic heterocycles. The van der Waals surface area contributed by atoms with Crippen molar-refractivity contribution in [2.24, 2.45) is 0 Å². The number of H-pyrrole nitrogens is 1. The first-order valence-corrected chi connectivity index (χ1v) is 3.19. The van der Waals surface area contributed by atoms with E-state index in [0.717, 1.165) is 0 Å². The molecule has 0 saturated heterocycles. The molecule has 0 radical (unpaired) electrons. The highest BCUT2D eigenvalue weighted by molar-refractivity contribution is 5.92. The molecule has 62 valence electrons. The Morgan fingerprint density at radius 3 is 3.33 bits per heavy atom.